The van der Waals surface area contributed by atoms with E-state index in [4.69, 9.17) is 15.9 Å². The Hall–Kier alpha value is -4.52. The van der Waals surface area contributed by atoms with Crippen LogP contribution in [-0.4, -0.2) is 57.2 Å². The number of carbonyl (C=O) groups excluding carboxylic acids is 4. The summed E-state index contributed by atoms with van der Waals surface area (Å²) in [5, 5.41) is 16.0. The molecule has 43 heavy (non-hydrogen) atoms. The van der Waals surface area contributed by atoms with Crippen molar-refractivity contribution >= 4 is 23.9 Å². The van der Waals surface area contributed by atoms with Gasteiger partial charge in [0.25, 0.3) is 5.91 Å². The standard InChI is InChI=1S/C33H43N3O7/c1-10-36(29(39)26(21(2)3)35-31(41)43-33(7,8)9)27(23-18-14-15-19-25(23)37)28(38)34-24(30(40)42-32(4,5)6)20-22-16-12-11-13-17-22/h1,11-19,21,24,26-27,37H,20H2,2-9H3,(H,34,38)(H,35,41). The molecule has 0 aliphatic carbocycles. The lowest BCUT2D eigenvalue weighted by Crippen LogP contribution is -2.55. The summed E-state index contributed by atoms with van der Waals surface area (Å²) >= 11 is 0. The van der Waals surface area contributed by atoms with Crippen molar-refractivity contribution in [1.82, 2.24) is 15.5 Å². The van der Waals surface area contributed by atoms with Crippen molar-refractivity contribution in [3.8, 4) is 18.2 Å². The van der Waals surface area contributed by atoms with Crippen molar-refractivity contribution < 1.29 is 33.8 Å². The number of rotatable bonds is 10. The van der Waals surface area contributed by atoms with Crippen LogP contribution in [0.15, 0.2) is 54.6 Å². The van der Waals surface area contributed by atoms with E-state index >= 15 is 0 Å². The van der Waals surface area contributed by atoms with Gasteiger partial charge in [-0.05, 0) is 59.1 Å². The Kier molecular flexibility index (Phi) is 11.8. The van der Waals surface area contributed by atoms with Crippen LogP contribution < -0.4 is 10.6 Å². The van der Waals surface area contributed by atoms with Crippen LogP contribution in [0.3, 0.4) is 0 Å². The summed E-state index contributed by atoms with van der Waals surface area (Å²) in [6, 6.07) is 13.3. The smallest absolute Gasteiger partial charge is 0.408 e. The first kappa shape index (κ1) is 34.7. The van der Waals surface area contributed by atoms with E-state index in [0.29, 0.717) is 0 Å². The lowest BCUT2D eigenvalue weighted by atomic mass is 9.98. The van der Waals surface area contributed by atoms with Gasteiger partial charge < -0.3 is 25.2 Å². The fraction of sp³-hybridized carbons (Fsp3) is 0.455. The SMILES string of the molecule is C#CN(C(=O)C(NC(=O)OC(C)(C)C)C(C)C)C(C(=O)NC(Cc1ccccc1)C(=O)OC(C)(C)C)c1ccccc1O. The number of benzene rings is 2. The topological polar surface area (TPSA) is 134 Å². The number of hydrogen-bond donors (Lipinski definition) is 3. The molecule has 2 rings (SSSR count). The van der Waals surface area contributed by atoms with Crippen molar-refractivity contribution in [2.75, 3.05) is 0 Å². The van der Waals surface area contributed by atoms with Gasteiger partial charge in [-0.25, -0.2) is 9.59 Å². The van der Waals surface area contributed by atoms with Crippen LogP contribution in [0.25, 0.3) is 0 Å². The van der Waals surface area contributed by atoms with Crippen molar-refractivity contribution in [3.05, 3.63) is 65.7 Å². The Morgan fingerprint density at radius 1 is 0.884 bits per heavy atom. The van der Waals surface area contributed by atoms with Crippen LogP contribution in [-0.2, 0) is 30.3 Å². The van der Waals surface area contributed by atoms with E-state index in [9.17, 15) is 24.3 Å². The third-order valence-corrected chi connectivity index (χ3v) is 6.01. The van der Waals surface area contributed by atoms with Crippen molar-refractivity contribution in [3.63, 3.8) is 0 Å². The molecule has 0 heterocycles. The number of para-hydroxylation sites is 1. The molecule has 0 saturated carbocycles. The van der Waals surface area contributed by atoms with Gasteiger partial charge in [0.15, 0.2) is 6.04 Å². The molecule has 2 aromatic carbocycles. The molecule has 0 bridgehead atoms. The third kappa shape index (κ3) is 10.7. The number of nitrogens with one attached hydrogen (secondary N) is 2. The molecule has 232 valence electrons. The van der Waals surface area contributed by atoms with Crippen LogP contribution in [0.1, 0.15) is 72.6 Å². The van der Waals surface area contributed by atoms with Gasteiger partial charge in [0, 0.05) is 18.0 Å². The lowest BCUT2D eigenvalue weighted by molar-refractivity contribution is -0.159. The number of aromatic hydroxyl groups is 1. The predicted octanol–water partition coefficient (Wildman–Crippen LogP) is 4.47. The van der Waals surface area contributed by atoms with Crippen LogP contribution in [0.5, 0.6) is 5.75 Å². The second-order valence-electron chi connectivity index (χ2n) is 12.5. The van der Waals surface area contributed by atoms with E-state index < -0.39 is 59.1 Å². The predicted molar refractivity (Wildman–Crippen MR) is 162 cm³/mol. The largest absolute Gasteiger partial charge is 0.508 e. The number of amides is 3. The van der Waals surface area contributed by atoms with Crippen LogP contribution in [0.4, 0.5) is 4.79 Å². The molecule has 3 atom stereocenters. The summed E-state index contributed by atoms with van der Waals surface area (Å²) in [5.41, 5.74) is -0.890. The number of terminal acetylenes is 1. The second-order valence-corrected chi connectivity index (χ2v) is 12.5. The molecule has 0 saturated heterocycles. The fourth-order valence-corrected chi connectivity index (χ4v) is 4.15. The first-order chi connectivity index (χ1) is 19.9. The molecule has 0 spiro atoms. The number of ether oxygens (including phenoxy) is 2. The van der Waals surface area contributed by atoms with Gasteiger partial charge in [0.05, 0.1) is 0 Å². The summed E-state index contributed by atoms with van der Waals surface area (Å²) in [6.45, 7) is 13.6. The van der Waals surface area contributed by atoms with E-state index in [1.54, 1.807) is 91.8 Å². The van der Waals surface area contributed by atoms with Gasteiger partial charge >= 0.3 is 12.1 Å². The Labute approximate surface area is 254 Å². The maximum atomic E-state index is 14.0. The molecule has 0 fully saturated rings. The quantitative estimate of drug-likeness (QED) is 0.210. The summed E-state index contributed by atoms with van der Waals surface area (Å²) < 4.78 is 10.9. The Balaban J connectivity index is 2.54. The van der Waals surface area contributed by atoms with Crippen molar-refractivity contribution in [2.45, 2.75) is 91.1 Å². The molecule has 3 unspecified atom stereocenters. The molecule has 0 aliphatic rings. The number of esters is 1. The Morgan fingerprint density at radius 3 is 1.95 bits per heavy atom. The Bertz CT molecular complexity index is 1320. The minimum atomic E-state index is -1.57. The average Bonchev–Trinajstić information content (AvgIpc) is 2.88. The number of carbonyl (C=O) groups is 4. The summed E-state index contributed by atoms with van der Waals surface area (Å²) in [5.74, 6) is -3.07. The number of alkyl carbamates (subject to hydrolysis) is 1. The van der Waals surface area contributed by atoms with E-state index in [1.165, 1.54) is 12.1 Å². The molecule has 3 N–H and O–H groups in total. The van der Waals surface area contributed by atoms with E-state index in [2.05, 4.69) is 16.7 Å². The average molecular weight is 594 g/mol. The maximum Gasteiger partial charge on any atom is 0.408 e. The zero-order valence-electron chi connectivity index (χ0n) is 26.1. The molecule has 2 aromatic rings. The van der Waals surface area contributed by atoms with Crippen LogP contribution in [0.2, 0.25) is 0 Å². The molecule has 10 heteroatoms. The highest BCUT2D eigenvalue weighted by Gasteiger charge is 2.40. The number of hydrogen-bond acceptors (Lipinski definition) is 7. The van der Waals surface area contributed by atoms with E-state index in [-0.39, 0.29) is 17.7 Å². The van der Waals surface area contributed by atoms with E-state index in [0.717, 1.165) is 10.5 Å². The lowest BCUT2D eigenvalue weighted by Gasteiger charge is -2.33. The monoisotopic (exact) mass is 593 g/mol. The molecular formula is C33H43N3O7. The third-order valence-electron chi connectivity index (χ3n) is 6.01. The van der Waals surface area contributed by atoms with Crippen LogP contribution in [0, 0.1) is 18.4 Å². The molecule has 0 radical (unpaired) electrons. The first-order valence-electron chi connectivity index (χ1n) is 14.1. The molecule has 3 amide bonds. The van der Waals surface area contributed by atoms with Crippen molar-refractivity contribution in [1.29, 1.82) is 0 Å². The highest BCUT2D eigenvalue weighted by atomic mass is 16.6. The normalized spacial score (nSPS) is 13.6. The van der Waals surface area contributed by atoms with Gasteiger partial charge in [0.1, 0.15) is 29.0 Å². The molecule has 0 aromatic heterocycles. The molecule has 0 aliphatic heterocycles. The number of nitrogens with zero attached hydrogens (tertiary/aromatic N) is 1. The fourth-order valence-electron chi connectivity index (χ4n) is 4.15. The highest BCUT2D eigenvalue weighted by Crippen LogP contribution is 2.30. The molecule has 10 nitrogen and oxygen atoms in total. The number of phenolic OH excluding ortho intramolecular Hbond substituents is 1. The van der Waals surface area contributed by atoms with Gasteiger partial charge in [0.2, 0.25) is 5.91 Å². The minimum absolute atomic E-state index is 0.0220. The van der Waals surface area contributed by atoms with Gasteiger partial charge in [-0.2, -0.15) is 0 Å². The summed E-state index contributed by atoms with van der Waals surface area (Å²) in [6.07, 6.45) is 5.08. The van der Waals surface area contributed by atoms with E-state index in [1.807, 2.05) is 6.07 Å². The van der Waals surface area contributed by atoms with Crippen molar-refractivity contribution in [2.24, 2.45) is 5.92 Å². The first-order valence-corrected chi connectivity index (χ1v) is 14.1. The number of phenols is 1. The zero-order chi connectivity index (χ0) is 32.5. The van der Waals surface area contributed by atoms with Crippen LogP contribution >= 0.6 is 0 Å². The van der Waals surface area contributed by atoms with Gasteiger partial charge in [-0.1, -0.05) is 68.8 Å². The maximum absolute atomic E-state index is 14.0. The Morgan fingerprint density at radius 2 is 1.44 bits per heavy atom. The highest BCUT2D eigenvalue weighted by molar-refractivity contribution is 5.95. The second kappa shape index (κ2) is 14.6. The minimum Gasteiger partial charge on any atom is -0.508 e. The summed E-state index contributed by atoms with van der Waals surface area (Å²) in [4.78, 5) is 54.6. The van der Waals surface area contributed by atoms with Gasteiger partial charge in [-0.3, -0.25) is 14.5 Å². The van der Waals surface area contributed by atoms with Gasteiger partial charge in [-0.15, -0.1) is 0 Å². The zero-order valence-corrected chi connectivity index (χ0v) is 26.1. The summed E-state index contributed by atoms with van der Waals surface area (Å²) in [7, 11) is 0. The molecular weight excluding hydrogens is 550 g/mol.